The molecule has 1 aliphatic heterocycles. The molecule has 1 fully saturated rings. The molecule has 2 N–H and O–H groups in total. The first kappa shape index (κ1) is 18.5. The van der Waals surface area contributed by atoms with Crippen LogP contribution in [-0.4, -0.2) is 29.9 Å². The molecule has 0 spiro atoms. The van der Waals surface area contributed by atoms with Crippen molar-refractivity contribution in [3.05, 3.63) is 65.7 Å². The molecule has 0 aromatic heterocycles. The summed E-state index contributed by atoms with van der Waals surface area (Å²) in [6.45, 7) is 1.22. The summed E-state index contributed by atoms with van der Waals surface area (Å²) in [5.74, 6) is 0.111. The fraction of sp³-hybridized carbons (Fsp3) is 0.391. The zero-order valence-corrected chi connectivity index (χ0v) is 16.1. The van der Waals surface area contributed by atoms with Crippen LogP contribution in [0.2, 0.25) is 0 Å². The number of hydrogen-bond donors (Lipinski definition) is 2. The number of rotatable bonds is 3. The normalized spacial score (nSPS) is 19.6. The van der Waals surface area contributed by atoms with E-state index >= 15 is 0 Å². The molecule has 146 valence electrons. The van der Waals surface area contributed by atoms with E-state index in [0.717, 1.165) is 24.9 Å². The van der Waals surface area contributed by atoms with Crippen LogP contribution in [0.5, 0.6) is 0 Å². The summed E-state index contributed by atoms with van der Waals surface area (Å²) >= 11 is 0. The van der Waals surface area contributed by atoms with Crippen molar-refractivity contribution in [2.45, 2.75) is 38.1 Å². The molecule has 2 aromatic carbocycles. The Labute approximate surface area is 166 Å². The second kappa shape index (κ2) is 8.46. The van der Waals surface area contributed by atoms with Crippen LogP contribution in [0.1, 0.15) is 42.9 Å². The number of hydrogen-bond acceptors (Lipinski definition) is 2. The molecular weight excluding hydrogens is 350 g/mol. The van der Waals surface area contributed by atoms with Gasteiger partial charge in [0.25, 0.3) is 0 Å². The van der Waals surface area contributed by atoms with Crippen molar-refractivity contribution in [3.63, 3.8) is 0 Å². The number of para-hydroxylation sites is 1. The number of anilines is 1. The van der Waals surface area contributed by atoms with Crippen molar-refractivity contribution in [2.24, 2.45) is 5.92 Å². The summed E-state index contributed by atoms with van der Waals surface area (Å²) in [4.78, 5) is 27.0. The SMILES string of the molecule is O=C(NC1CCCc2ccccc21)C1CCN(C(=O)Nc2ccccc2)CC1. The average molecular weight is 377 g/mol. The van der Waals surface area contributed by atoms with E-state index < -0.39 is 0 Å². The van der Waals surface area contributed by atoms with Gasteiger partial charge in [0.05, 0.1) is 6.04 Å². The van der Waals surface area contributed by atoms with Gasteiger partial charge in [0.15, 0.2) is 0 Å². The maximum atomic E-state index is 12.8. The lowest BCUT2D eigenvalue weighted by Gasteiger charge is -2.33. The van der Waals surface area contributed by atoms with Gasteiger partial charge in [-0.25, -0.2) is 4.79 Å². The van der Waals surface area contributed by atoms with Gasteiger partial charge in [-0.2, -0.15) is 0 Å². The molecule has 1 aliphatic carbocycles. The number of carbonyl (C=O) groups excluding carboxylic acids is 2. The molecule has 0 radical (unpaired) electrons. The Balaban J connectivity index is 1.29. The van der Waals surface area contributed by atoms with Crippen molar-refractivity contribution in [2.75, 3.05) is 18.4 Å². The lowest BCUT2D eigenvalue weighted by Crippen LogP contribution is -2.45. The molecule has 5 nitrogen and oxygen atoms in total. The van der Waals surface area contributed by atoms with Gasteiger partial charge < -0.3 is 15.5 Å². The fourth-order valence-corrected chi connectivity index (χ4v) is 4.26. The number of likely N-dealkylation sites (tertiary alicyclic amines) is 1. The smallest absolute Gasteiger partial charge is 0.321 e. The summed E-state index contributed by atoms with van der Waals surface area (Å²) in [6.07, 6.45) is 4.63. The third-order valence-electron chi connectivity index (χ3n) is 5.86. The molecule has 3 amide bonds. The van der Waals surface area contributed by atoms with Crippen LogP contribution in [0, 0.1) is 5.92 Å². The number of benzene rings is 2. The van der Waals surface area contributed by atoms with Crippen molar-refractivity contribution >= 4 is 17.6 Å². The number of urea groups is 1. The Hall–Kier alpha value is -2.82. The van der Waals surface area contributed by atoms with Gasteiger partial charge in [0, 0.05) is 24.7 Å². The lowest BCUT2D eigenvalue weighted by atomic mass is 9.87. The summed E-state index contributed by atoms with van der Waals surface area (Å²) < 4.78 is 0. The topological polar surface area (TPSA) is 61.4 Å². The van der Waals surface area contributed by atoms with Gasteiger partial charge in [-0.1, -0.05) is 42.5 Å². The largest absolute Gasteiger partial charge is 0.349 e. The monoisotopic (exact) mass is 377 g/mol. The molecule has 1 heterocycles. The lowest BCUT2D eigenvalue weighted by molar-refractivity contribution is -0.127. The van der Waals surface area contributed by atoms with Crippen LogP contribution in [0.3, 0.4) is 0 Å². The van der Waals surface area contributed by atoms with E-state index in [2.05, 4.69) is 28.8 Å². The molecule has 1 atom stereocenters. The van der Waals surface area contributed by atoms with E-state index in [0.29, 0.717) is 25.9 Å². The van der Waals surface area contributed by atoms with E-state index in [1.165, 1.54) is 11.1 Å². The zero-order valence-electron chi connectivity index (χ0n) is 16.1. The minimum atomic E-state index is -0.0914. The Morgan fingerprint density at radius 1 is 0.893 bits per heavy atom. The molecule has 1 saturated heterocycles. The van der Waals surface area contributed by atoms with E-state index in [4.69, 9.17) is 0 Å². The molecule has 1 unspecified atom stereocenters. The number of fused-ring (bicyclic) bond motifs is 1. The average Bonchev–Trinajstić information content (AvgIpc) is 2.75. The highest BCUT2D eigenvalue weighted by Gasteiger charge is 2.30. The molecule has 5 heteroatoms. The molecule has 4 rings (SSSR count). The van der Waals surface area contributed by atoms with Crippen molar-refractivity contribution in [3.8, 4) is 0 Å². The molecule has 2 aliphatic rings. The molecule has 0 saturated carbocycles. The van der Waals surface area contributed by atoms with Gasteiger partial charge in [0.2, 0.25) is 5.91 Å². The highest BCUT2D eigenvalue weighted by Crippen LogP contribution is 2.30. The fourth-order valence-electron chi connectivity index (χ4n) is 4.26. The number of carbonyl (C=O) groups is 2. The van der Waals surface area contributed by atoms with Gasteiger partial charge in [0.1, 0.15) is 0 Å². The third-order valence-corrected chi connectivity index (χ3v) is 5.86. The van der Waals surface area contributed by atoms with Crippen LogP contribution in [0.4, 0.5) is 10.5 Å². The molecule has 0 bridgehead atoms. The molecule has 28 heavy (non-hydrogen) atoms. The number of nitrogens with one attached hydrogen (secondary N) is 2. The van der Waals surface area contributed by atoms with E-state index in [-0.39, 0.29) is 23.9 Å². The predicted molar refractivity (Wildman–Crippen MR) is 110 cm³/mol. The number of aryl methyl sites for hydroxylation is 1. The van der Waals surface area contributed by atoms with Crippen LogP contribution < -0.4 is 10.6 Å². The Morgan fingerprint density at radius 3 is 2.39 bits per heavy atom. The van der Waals surface area contributed by atoms with Gasteiger partial charge in [-0.15, -0.1) is 0 Å². The van der Waals surface area contributed by atoms with Gasteiger partial charge in [-0.3, -0.25) is 4.79 Å². The number of piperidine rings is 1. The van der Waals surface area contributed by atoms with Crippen molar-refractivity contribution < 1.29 is 9.59 Å². The van der Waals surface area contributed by atoms with Crippen molar-refractivity contribution in [1.29, 1.82) is 0 Å². The predicted octanol–water partition coefficient (Wildman–Crippen LogP) is 4.12. The Bertz CT molecular complexity index is 829. The minimum Gasteiger partial charge on any atom is -0.349 e. The maximum absolute atomic E-state index is 12.8. The third kappa shape index (κ3) is 4.19. The van der Waals surface area contributed by atoms with Crippen LogP contribution in [-0.2, 0) is 11.2 Å². The molecular formula is C23H27N3O2. The van der Waals surface area contributed by atoms with Crippen LogP contribution in [0.25, 0.3) is 0 Å². The first-order chi connectivity index (χ1) is 13.7. The number of amides is 3. The second-order valence-electron chi connectivity index (χ2n) is 7.71. The first-order valence-corrected chi connectivity index (χ1v) is 10.2. The minimum absolute atomic E-state index is 0.0186. The Kier molecular flexibility index (Phi) is 5.60. The summed E-state index contributed by atoms with van der Waals surface area (Å²) in [6, 6.07) is 17.9. The van der Waals surface area contributed by atoms with Crippen molar-refractivity contribution in [1.82, 2.24) is 10.2 Å². The van der Waals surface area contributed by atoms with E-state index in [1.807, 2.05) is 36.4 Å². The molecule has 2 aromatic rings. The second-order valence-corrected chi connectivity index (χ2v) is 7.71. The number of nitrogens with zero attached hydrogens (tertiary/aromatic N) is 1. The maximum Gasteiger partial charge on any atom is 0.321 e. The highest BCUT2D eigenvalue weighted by atomic mass is 16.2. The summed E-state index contributed by atoms with van der Waals surface area (Å²) in [5.41, 5.74) is 3.41. The van der Waals surface area contributed by atoms with E-state index in [1.54, 1.807) is 4.90 Å². The first-order valence-electron chi connectivity index (χ1n) is 10.2. The standard InChI is InChI=1S/C23H27N3O2/c27-22(25-21-12-6-8-17-7-4-5-11-20(17)21)18-13-15-26(16-14-18)23(28)24-19-9-2-1-3-10-19/h1-5,7,9-11,18,21H,6,8,12-16H2,(H,24,28)(H,25,27). The van der Waals surface area contributed by atoms with Crippen LogP contribution >= 0.6 is 0 Å². The van der Waals surface area contributed by atoms with E-state index in [9.17, 15) is 9.59 Å². The van der Waals surface area contributed by atoms with Gasteiger partial charge >= 0.3 is 6.03 Å². The highest BCUT2D eigenvalue weighted by molar-refractivity contribution is 5.89. The quantitative estimate of drug-likeness (QED) is 0.845. The zero-order chi connectivity index (χ0) is 19.3. The summed E-state index contributed by atoms with van der Waals surface area (Å²) in [5, 5.41) is 6.19. The van der Waals surface area contributed by atoms with Crippen LogP contribution in [0.15, 0.2) is 54.6 Å². The Morgan fingerprint density at radius 2 is 1.61 bits per heavy atom. The summed E-state index contributed by atoms with van der Waals surface area (Å²) in [7, 11) is 0. The van der Waals surface area contributed by atoms with Gasteiger partial charge in [-0.05, 0) is 55.4 Å².